The molecule has 3 unspecified atom stereocenters. The van der Waals surface area contributed by atoms with Crippen LogP contribution in [-0.2, 0) is 74.4 Å². The number of thiazole rings is 1. The van der Waals surface area contributed by atoms with Crippen LogP contribution in [0.15, 0.2) is 91.1 Å². The highest BCUT2D eigenvalue weighted by molar-refractivity contribution is 7.85. The number of aliphatic carboxylic acids is 1. The smallest absolute Gasteiger partial charge is 0.409 e. The molecule has 3 aliphatic heterocycles. The van der Waals surface area contributed by atoms with Crippen LogP contribution in [-0.4, -0.2) is 210 Å². The third-order valence-corrected chi connectivity index (χ3v) is 22.4. The molecule has 3 fully saturated rings. The van der Waals surface area contributed by atoms with E-state index in [1.54, 1.807) is 25.4 Å². The lowest BCUT2D eigenvalue weighted by atomic mass is 9.47. The number of amides is 6. The third-order valence-electron chi connectivity index (χ3n) is 20.7. The molecule has 11 rings (SSSR count). The van der Waals surface area contributed by atoms with Gasteiger partial charge in [-0.05, 0) is 141 Å². The molecule has 3 aromatic carbocycles. The molecule has 9 N–H and O–H groups in total. The van der Waals surface area contributed by atoms with Gasteiger partial charge in [0.25, 0.3) is 27.8 Å². The summed E-state index contributed by atoms with van der Waals surface area (Å²) in [5.41, 5.74) is 3.92. The predicted molar refractivity (Wildman–Crippen MR) is 392 cm³/mol. The summed E-state index contributed by atoms with van der Waals surface area (Å²) >= 11 is 1.39. The van der Waals surface area contributed by atoms with Gasteiger partial charge >= 0.3 is 18.0 Å². The molecule has 0 spiro atoms. The maximum atomic E-state index is 13.9. The molecular weight excluding hydrogens is 1440 g/mol. The van der Waals surface area contributed by atoms with Crippen LogP contribution < -0.4 is 30.3 Å². The van der Waals surface area contributed by atoms with Crippen LogP contribution in [0.25, 0.3) is 21.3 Å². The van der Waals surface area contributed by atoms with E-state index in [1.807, 2.05) is 59.0 Å². The number of hydrogen-bond acceptors (Lipinski definition) is 23. The van der Waals surface area contributed by atoms with Gasteiger partial charge in [0, 0.05) is 98.9 Å². The molecule has 3 aromatic heterocycles. The predicted octanol–water partition coefficient (Wildman–Crippen LogP) is 6.82. The van der Waals surface area contributed by atoms with Crippen LogP contribution in [0.4, 0.5) is 15.7 Å². The molecule has 2 saturated carbocycles. The summed E-state index contributed by atoms with van der Waals surface area (Å²) in [7, 11) is -3.21. The number of imide groups is 1. The van der Waals surface area contributed by atoms with Gasteiger partial charge < -0.3 is 69.7 Å². The molecule has 2 aliphatic carbocycles. The Morgan fingerprint density at radius 3 is 2.35 bits per heavy atom. The summed E-state index contributed by atoms with van der Waals surface area (Å²) < 4.78 is 66.6. The van der Waals surface area contributed by atoms with E-state index < -0.39 is 99.9 Å². The largest absolute Gasteiger partial charge is 0.493 e. The minimum atomic E-state index is -4.78. The number of ether oxygens (including phenoxy) is 5. The zero-order valence-electron chi connectivity index (χ0n) is 60.9. The zero-order valence-corrected chi connectivity index (χ0v) is 62.6. The summed E-state index contributed by atoms with van der Waals surface area (Å²) in [6, 6.07) is 19.4. The Kier molecular flexibility index (Phi) is 24.4. The highest BCUT2D eigenvalue weighted by Crippen LogP contribution is 2.64. The van der Waals surface area contributed by atoms with Gasteiger partial charge in [-0.1, -0.05) is 69.7 Å². The molecule has 31 nitrogen and oxygen atoms in total. The SMILES string of the molecule is CCC1(Cn2ncc(-c3ccc(N4CCc5cccc(C(=O)Nc6nc7ccccc7s6)c5C4)nc3C(=O)O)c2C)CC2(C)CC(C)(C)CC(OCCN(C)C(=O)OCc3ccc(O[C@@H]4O[C@H](C(=O)O)[C@@H](O)[C@H](O)[C@H]4O)cc3OCCCNC(=O)[C@H](CS(=O)(=O)O)NC(=O)CCCCCN3C(=O)C=CC3=O)(C2)C1. The fourth-order valence-electron chi connectivity index (χ4n) is 16.3. The first-order valence-electron chi connectivity index (χ1n) is 36.0. The van der Waals surface area contributed by atoms with Gasteiger partial charge in [-0.2, -0.15) is 13.5 Å². The number of anilines is 2. The Hall–Kier alpha value is -9.48. The maximum absolute atomic E-state index is 13.9. The number of aromatic carboxylic acids is 1. The van der Waals surface area contributed by atoms with Crippen molar-refractivity contribution in [2.24, 2.45) is 16.2 Å². The fourth-order valence-corrected chi connectivity index (χ4v) is 17.8. The first kappa shape index (κ1) is 79.6. The second-order valence-electron chi connectivity index (χ2n) is 29.9. The number of unbranched alkanes of at least 4 members (excludes halogenated alkanes) is 2. The Bertz CT molecular complexity index is 4490. The minimum absolute atomic E-state index is 0.0310. The molecule has 6 amide bonds. The Morgan fingerprint density at radius 1 is 0.852 bits per heavy atom. The first-order valence-corrected chi connectivity index (χ1v) is 38.4. The number of para-hydroxylation sites is 1. The Morgan fingerprint density at radius 2 is 1.62 bits per heavy atom. The van der Waals surface area contributed by atoms with E-state index in [1.165, 1.54) is 34.4 Å². The number of aliphatic hydroxyl groups excluding tert-OH is 3. The molecule has 33 heteroatoms. The van der Waals surface area contributed by atoms with Crippen molar-refractivity contribution in [2.75, 3.05) is 62.4 Å². The van der Waals surface area contributed by atoms with E-state index in [-0.39, 0.29) is 104 Å². The number of rotatable bonds is 32. The van der Waals surface area contributed by atoms with Crippen LogP contribution in [0, 0.1) is 23.2 Å². The van der Waals surface area contributed by atoms with Crippen LogP contribution >= 0.6 is 11.3 Å². The summed E-state index contributed by atoms with van der Waals surface area (Å²) in [5, 5.41) is 65.2. The summed E-state index contributed by atoms with van der Waals surface area (Å²) in [6.45, 7) is 12.0. The van der Waals surface area contributed by atoms with E-state index in [0.717, 1.165) is 76.2 Å². The number of aliphatic hydroxyl groups is 3. The summed E-state index contributed by atoms with van der Waals surface area (Å²) in [6.07, 6.45) is -0.0196. The van der Waals surface area contributed by atoms with Crippen LogP contribution in [0.2, 0.25) is 0 Å². The second-order valence-corrected chi connectivity index (χ2v) is 32.4. The van der Waals surface area contributed by atoms with Crippen molar-refractivity contribution in [1.29, 1.82) is 0 Å². The normalized spacial score (nSPS) is 23.3. The number of nitrogens with zero attached hydrogens (tertiary/aromatic N) is 7. The van der Waals surface area contributed by atoms with Crippen molar-refractivity contribution >= 4 is 90.2 Å². The van der Waals surface area contributed by atoms with Crippen LogP contribution in [0.1, 0.15) is 142 Å². The number of pyridine rings is 1. The molecule has 1 saturated heterocycles. The van der Waals surface area contributed by atoms with E-state index in [4.69, 9.17) is 33.8 Å². The number of fused-ring (bicyclic) bond motifs is 4. The van der Waals surface area contributed by atoms with Gasteiger partial charge in [0.05, 0.1) is 35.2 Å². The first-order chi connectivity index (χ1) is 51.2. The topological polar surface area (TPSA) is 428 Å². The Labute approximate surface area is 627 Å². The molecule has 2 bridgehead atoms. The maximum Gasteiger partial charge on any atom is 0.409 e. The van der Waals surface area contributed by atoms with Crippen molar-refractivity contribution in [3.05, 3.63) is 125 Å². The van der Waals surface area contributed by atoms with E-state index in [9.17, 15) is 76.9 Å². The van der Waals surface area contributed by atoms with Gasteiger partial charge in [0.2, 0.25) is 18.1 Å². The zero-order chi connectivity index (χ0) is 77.6. The average molecular weight is 1530 g/mol. The van der Waals surface area contributed by atoms with E-state index >= 15 is 0 Å². The number of carbonyl (C=O) groups excluding carboxylic acids is 6. The fraction of sp³-hybridized carbons (Fsp3) is 0.507. The number of benzene rings is 3. The number of likely N-dealkylation sites (N-methyl/N-ethyl adjacent to an activating group) is 1. The van der Waals surface area contributed by atoms with Gasteiger partial charge in [-0.3, -0.25) is 43.4 Å². The molecule has 5 aliphatic rings. The van der Waals surface area contributed by atoms with Crippen LogP contribution in [0.5, 0.6) is 11.5 Å². The molecular formula is C75H92N10O21S2. The standard InChI is InChI=1S/C75H92N10O21S2/c1-7-74(43-85-44(2)50(34-77-85)48-22-23-56(80-60(48)67(94)95)83-29-26-45-15-13-16-49(51(45)35-83)65(92)81-70-79-52-17-10-11-18-55(52)107-70)40-73(5)38-72(3,4)39-75(41-73,42-74)104-32-30-82(6)71(98)103-36-46-20-21-47(105-69-63(91)61(89)62(90)64(106-69)68(96)97)33-54(46)102-31-14-27-76-66(93)53(37-108(99,100)101)78-57(86)19-9-8-12-28-84-58(87)24-25-59(84)88/h10-11,13,15-18,20-25,33-34,53,61-64,69,89-91H,7-9,12,14,19,26-32,35-43H2,1-6H3,(H,76,93)(H,78,86)(H,94,95)(H,96,97)(H,79,81,92)(H,99,100,101)/t53-,61-,62-,63+,64-,69+,73?,74?,75?/m0/s1. The number of carboxylic acid groups (broad SMARTS) is 2. The third kappa shape index (κ3) is 19.0. The molecule has 108 heavy (non-hydrogen) atoms. The lowest BCUT2D eigenvalue weighted by molar-refractivity contribution is -0.271. The van der Waals surface area contributed by atoms with Crippen molar-refractivity contribution in [3.63, 3.8) is 0 Å². The molecule has 0 radical (unpaired) electrons. The minimum Gasteiger partial charge on any atom is -0.493 e. The van der Waals surface area contributed by atoms with Crippen molar-refractivity contribution in [3.8, 4) is 22.6 Å². The monoisotopic (exact) mass is 1530 g/mol. The van der Waals surface area contributed by atoms with Gasteiger partial charge in [-0.15, -0.1) is 0 Å². The van der Waals surface area contributed by atoms with Crippen molar-refractivity contribution in [2.45, 2.75) is 174 Å². The van der Waals surface area contributed by atoms with E-state index in [0.29, 0.717) is 73.0 Å². The quantitative estimate of drug-likeness (QED) is 0.0119. The Balaban J connectivity index is 0.717. The molecule has 9 atom stereocenters. The van der Waals surface area contributed by atoms with Gasteiger partial charge in [0.1, 0.15) is 54.0 Å². The number of aromatic nitrogens is 4. The lowest BCUT2D eigenvalue weighted by Crippen LogP contribution is -2.61. The second kappa shape index (κ2) is 33.2. The lowest BCUT2D eigenvalue weighted by Gasteiger charge is -2.62. The average Bonchev–Trinajstić information content (AvgIpc) is 0.856. The number of carboxylic acids is 2. The van der Waals surface area contributed by atoms with E-state index in [2.05, 4.69) is 48.6 Å². The van der Waals surface area contributed by atoms with Crippen molar-refractivity contribution in [1.82, 2.24) is 40.2 Å². The molecule has 6 aromatic rings. The molecule has 6 heterocycles. The van der Waals surface area contributed by atoms with Gasteiger partial charge in [0.15, 0.2) is 16.9 Å². The number of carbonyl (C=O) groups is 8. The summed E-state index contributed by atoms with van der Waals surface area (Å²) in [5.74, 6) is -6.38. The van der Waals surface area contributed by atoms with Crippen molar-refractivity contribution < 1.29 is 101 Å². The highest BCUT2D eigenvalue weighted by atomic mass is 32.2. The van der Waals surface area contributed by atoms with Crippen LogP contribution in [0.3, 0.4) is 0 Å². The number of hydrogen-bond donors (Lipinski definition) is 9. The van der Waals surface area contributed by atoms with Gasteiger partial charge in [-0.25, -0.2) is 24.4 Å². The number of nitrogens with one attached hydrogen (secondary N) is 3. The summed E-state index contributed by atoms with van der Waals surface area (Å²) in [4.78, 5) is 117. The highest BCUT2D eigenvalue weighted by Gasteiger charge is 2.59. The molecule has 580 valence electrons.